The molecule has 0 unspecified atom stereocenters. The molecule has 0 aliphatic carbocycles. The van der Waals surface area contributed by atoms with Crippen LogP contribution in [0.3, 0.4) is 0 Å². The lowest BCUT2D eigenvalue weighted by Crippen LogP contribution is -2.46. The Morgan fingerprint density at radius 2 is 1.73 bits per heavy atom. The molecule has 0 aromatic heterocycles. The van der Waals surface area contributed by atoms with Crippen LogP contribution >= 0.6 is 0 Å². The van der Waals surface area contributed by atoms with Crippen LogP contribution in [-0.4, -0.2) is 21.8 Å². The molecule has 1 aliphatic rings. The second-order valence-corrected chi connectivity index (χ2v) is 6.02. The molecule has 2 N–H and O–H groups in total. The fourth-order valence-electron chi connectivity index (χ4n) is 3.35. The van der Waals surface area contributed by atoms with E-state index in [1.165, 1.54) is 24.3 Å². The van der Waals surface area contributed by atoms with Crippen molar-refractivity contribution in [2.24, 2.45) is 0 Å². The van der Waals surface area contributed by atoms with Crippen LogP contribution in [0.15, 0.2) is 60.7 Å². The summed E-state index contributed by atoms with van der Waals surface area (Å²) >= 11 is 0. The zero-order chi connectivity index (χ0) is 18.5. The molecule has 0 fully saturated rings. The number of fused-ring (bicyclic) bond motifs is 3. The largest absolute Gasteiger partial charge is 0.479 e. The van der Waals surface area contributed by atoms with Crippen LogP contribution in [0.25, 0.3) is 10.8 Å². The highest BCUT2D eigenvalue weighted by molar-refractivity contribution is 6.27. The first-order chi connectivity index (χ1) is 12.4. The monoisotopic (exact) mass is 348 g/mol. The van der Waals surface area contributed by atoms with E-state index in [-0.39, 0.29) is 16.8 Å². The van der Waals surface area contributed by atoms with Gasteiger partial charge in [0, 0.05) is 23.1 Å². The van der Waals surface area contributed by atoms with Crippen LogP contribution in [-0.2, 0) is 10.3 Å². The average molecular weight is 348 g/mol. The Hall–Kier alpha value is -3.74. The molecule has 7 heteroatoms. The minimum Gasteiger partial charge on any atom is -0.479 e. The predicted molar refractivity (Wildman–Crippen MR) is 94.3 cm³/mol. The van der Waals surface area contributed by atoms with Crippen LogP contribution in [0.2, 0.25) is 0 Å². The number of hydrogen-bond donors (Lipinski definition) is 2. The third-order valence-corrected chi connectivity index (χ3v) is 4.66. The van der Waals surface area contributed by atoms with E-state index in [9.17, 15) is 24.8 Å². The third-order valence-electron chi connectivity index (χ3n) is 4.66. The van der Waals surface area contributed by atoms with Gasteiger partial charge >= 0.3 is 5.97 Å². The normalized spacial score (nSPS) is 18.4. The number of nitro groups is 1. The van der Waals surface area contributed by atoms with Gasteiger partial charge in [-0.3, -0.25) is 14.9 Å². The molecule has 128 valence electrons. The van der Waals surface area contributed by atoms with Gasteiger partial charge in [-0.15, -0.1) is 0 Å². The summed E-state index contributed by atoms with van der Waals surface area (Å²) in [4.78, 5) is 35.4. The number of anilines is 1. The van der Waals surface area contributed by atoms with Crippen LogP contribution in [0.5, 0.6) is 0 Å². The summed E-state index contributed by atoms with van der Waals surface area (Å²) in [7, 11) is 0. The van der Waals surface area contributed by atoms with E-state index >= 15 is 0 Å². The lowest BCUT2D eigenvalue weighted by atomic mass is 9.85. The van der Waals surface area contributed by atoms with Gasteiger partial charge in [0.1, 0.15) is 0 Å². The molecule has 0 amide bonds. The number of carbonyl (C=O) groups excluding carboxylic acids is 1. The number of Topliss-reactive ketones (excluding diaryl/α,β-unsaturated/α-hetero) is 1. The number of non-ortho nitro benzene ring substituents is 1. The van der Waals surface area contributed by atoms with E-state index in [0.29, 0.717) is 5.69 Å². The maximum absolute atomic E-state index is 13.0. The van der Waals surface area contributed by atoms with Gasteiger partial charge in [0.25, 0.3) is 5.69 Å². The summed E-state index contributed by atoms with van der Waals surface area (Å²) in [5.74, 6) is -1.96. The number of rotatable bonds is 3. The zero-order valence-electron chi connectivity index (χ0n) is 13.3. The number of ketones is 1. The van der Waals surface area contributed by atoms with Crippen molar-refractivity contribution in [2.75, 3.05) is 5.32 Å². The summed E-state index contributed by atoms with van der Waals surface area (Å²) < 4.78 is 0. The predicted octanol–water partition coefficient (Wildman–Crippen LogP) is 3.34. The van der Waals surface area contributed by atoms with E-state index in [0.717, 1.165) is 10.8 Å². The highest BCUT2D eigenvalue weighted by Gasteiger charge is 2.53. The second kappa shape index (κ2) is 5.38. The lowest BCUT2D eigenvalue weighted by Gasteiger charge is -2.24. The van der Waals surface area contributed by atoms with E-state index in [1.54, 1.807) is 18.2 Å². The van der Waals surface area contributed by atoms with Gasteiger partial charge < -0.3 is 10.4 Å². The molecule has 1 atom stereocenters. The summed E-state index contributed by atoms with van der Waals surface area (Å²) in [6, 6.07) is 15.7. The Morgan fingerprint density at radius 1 is 1.04 bits per heavy atom. The Kier molecular flexibility index (Phi) is 3.27. The Bertz CT molecular complexity index is 1090. The molecular formula is C19H12N2O5. The smallest absolute Gasteiger partial charge is 0.342 e. The molecule has 7 nitrogen and oxygen atoms in total. The standard InChI is InChI=1S/C19H12N2O5/c22-17-15-10-5-11-3-1-2-4-14(11)16(15)20-19(17,18(23)24)12-6-8-13(9-7-12)21(25)26/h1-10,20H,(H,23,24)/t19-/m1/s1. The first-order valence-corrected chi connectivity index (χ1v) is 7.78. The Morgan fingerprint density at radius 3 is 2.38 bits per heavy atom. The number of nitrogens with zero attached hydrogens (tertiary/aromatic N) is 1. The molecule has 3 aromatic carbocycles. The molecule has 0 bridgehead atoms. The molecule has 1 aliphatic heterocycles. The Balaban J connectivity index is 1.92. The van der Waals surface area contributed by atoms with E-state index in [1.807, 2.05) is 18.2 Å². The van der Waals surface area contributed by atoms with Crippen molar-refractivity contribution in [1.82, 2.24) is 0 Å². The van der Waals surface area contributed by atoms with Crippen LogP contribution in [0.4, 0.5) is 11.4 Å². The molecule has 0 saturated heterocycles. The van der Waals surface area contributed by atoms with E-state index < -0.39 is 22.2 Å². The summed E-state index contributed by atoms with van der Waals surface area (Å²) in [5.41, 5.74) is -1.32. The molecule has 3 aromatic rings. The molecule has 0 spiro atoms. The first kappa shape index (κ1) is 15.8. The van der Waals surface area contributed by atoms with Gasteiger partial charge in [-0.05, 0) is 29.1 Å². The average Bonchev–Trinajstić information content (AvgIpc) is 2.96. The van der Waals surface area contributed by atoms with E-state index in [2.05, 4.69) is 5.32 Å². The van der Waals surface area contributed by atoms with Crippen molar-refractivity contribution in [3.05, 3.63) is 81.9 Å². The number of carbonyl (C=O) groups is 2. The maximum Gasteiger partial charge on any atom is 0.342 e. The van der Waals surface area contributed by atoms with Crippen LogP contribution in [0.1, 0.15) is 15.9 Å². The molecule has 26 heavy (non-hydrogen) atoms. The van der Waals surface area contributed by atoms with E-state index in [4.69, 9.17) is 0 Å². The Labute approximate surface area is 147 Å². The van der Waals surface area contributed by atoms with Crippen molar-refractivity contribution < 1.29 is 19.6 Å². The SMILES string of the molecule is O=C(O)[C@]1(c2ccc([N+](=O)[O-])cc2)Nc2c(ccc3ccccc23)C1=O. The fourth-order valence-corrected chi connectivity index (χ4v) is 3.35. The highest BCUT2D eigenvalue weighted by Crippen LogP contribution is 2.43. The van der Waals surface area contributed by atoms with Crippen molar-refractivity contribution in [3.8, 4) is 0 Å². The first-order valence-electron chi connectivity index (χ1n) is 7.78. The lowest BCUT2D eigenvalue weighted by molar-refractivity contribution is -0.384. The topological polar surface area (TPSA) is 110 Å². The summed E-state index contributed by atoms with van der Waals surface area (Å²) in [6.45, 7) is 0. The molecular weight excluding hydrogens is 336 g/mol. The van der Waals surface area contributed by atoms with Crippen molar-refractivity contribution in [2.45, 2.75) is 5.54 Å². The summed E-state index contributed by atoms with van der Waals surface area (Å²) in [5, 5.41) is 25.2. The van der Waals surface area contributed by atoms with Gasteiger partial charge in [0.05, 0.1) is 10.6 Å². The number of aliphatic carboxylic acids is 1. The summed E-state index contributed by atoms with van der Waals surface area (Å²) in [6.07, 6.45) is 0. The van der Waals surface area contributed by atoms with Gasteiger partial charge in [0.2, 0.25) is 11.3 Å². The molecule has 4 rings (SSSR count). The van der Waals surface area contributed by atoms with Crippen molar-refractivity contribution >= 4 is 33.9 Å². The van der Waals surface area contributed by atoms with Gasteiger partial charge in [-0.2, -0.15) is 0 Å². The minimum atomic E-state index is -2.01. The fraction of sp³-hybridized carbons (Fsp3) is 0.0526. The molecule has 0 radical (unpaired) electrons. The minimum absolute atomic E-state index is 0.140. The van der Waals surface area contributed by atoms with Gasteiger partial charge in [0.15, 0.2) is 0 Å². The highest BCUT2D eigenvalue weighted by atomic mass is 16.6. The van der Waals surface area contributed by atoms with Crippen LogP contribution < -0.4 is 5.32 Å². The number of carboxylic acid groups (broad SMARTS) is 1. The zero-order valence-corrected chi connectivity index (χ0v) is 13.3. The number of carboxylic acids is 1. The van der Waals surface area contributed by atoms with Crippen molar-refractivity contribution in [1.29, 1.82) is 0 Å². The molecule has 1 heterocycles. The number of hydrogen-bond acceptors (Lipinski definition) is 5. The number of nitrogens with one attached hydrogen (secondary N) is 1. The van der Waals surface area contributed by atoms with Gasteiger partial charge in [-0.25, -0.2) is 4.79 Å². The van der Waals surface area contributed by atoms with Crippen LogP contribution in [0, 0.1) is 10.1 Å². The molecule has 0 saturated carbocycles. The van der Waals surface area contributed by atoms with Gasteiger partial charge in [-0.1, -0.05) is 30.3 Å². The van der Waals surface area contributed by atoms with Crippen molar-refractivity contribution in [3.63, 3.8) is 0 Å². The quantitative estimate of drug-likeness (QED) is 0.427. The third kappa shape index (κ3) is 2.00. The number of benzene rings is 3. The number of nitro benzene ring substituents is 1. The maximum atomic E-state index is 13.0. The second-order valence-electron chi connectivity index (χ2n) is 6.02.